The fourth-order valence-corrected chi connectivity index (χ4v) is 3.59. The predicted molar refractivity (Wildman–Crippen MR) is 91.6 cm³/mol. The minimum absolute atomic E-state index is 0.0623. The summed E-state index contributed by atoms with van der Waals surface area (Å²) in [6.07, 6.45) is 3.50. The third kappa shape index (κ3) is 3.38. The van der Waals surface area contributed by atoms with Crippen molar-refractivity contribution in [1.29, 1.82) is 0 Å². The molecule has 3 rings (SSSR count). The Morgan fingerprint density at radius 2 is 1.83 bits per heavy atom. The molecule has 1 aliphatic carbocycles. The van der Waals surface area contributed by atoms with Crippen LogP contribution in [0.2, 0.25) is 0 Å². The van der Waals surface area contributed by atoms with Crippen LogP contribution in [0.15, 0.2) is 35.2 Å². The SMILES string of the molecule is Cc1cc(C(=O)COc2ccc(S(C)(=O)=O)cc2)c(C)n1C1CC1. The Labute approximate surface area is 142 Å². The van der Waals surface area contributed by atoms with Crippen LogP contribution in [0.1, 0.15) is 40.6 Å². The van der Waals surface area contributed by atoms with E-state index >= 15 is 0 Å². The quantitative estimate of drug-likeness (QED) is 0.753. The largest absolute Gasteiger partial charge is 0.485 e. The van der Waals surface area contributed by atoms with Gasteiger partial charge in [-0.15, -0.1) is 0 Å². The maximum atomic E-state index is 12.4. The third-order valence-electron chi connectivity index (χ3n) is 4.32. The Bertz CT molecular complexity index is 874. The molecule has 0 saturated heterocycles. The van der Waals surface area contributed by atoms with Gasteiger partial charge in [0.25, 0.3) is 0 Å². The molecule has 2 aromatic rings. The lowest BCUT2D eigenvalue weighted by atomic mass is 10.1. The van der Waals surface area contributed by atoms with Crippen molar-refractivity contribution in [3.63, 3.8) is 0 Å². The van der Waals surface area contributed by atoms with Gasteiger partial charge < -0.3 is 9.30 Å². The summed E-state index contributed by atoms with van der Waals surface area (Å²) in [5.41, 5.74) is 2.80. The molecule has 0 spiro atoms. The molecule has 1 saturated carbocycles. The Morgan fingerprint density at radius 3 is 2.38 bits per heavy atom. The molecular weight excluding hydrogens is 326 g/mol. The van der Waals surface area contributed by atoms with Crippen molar-refractivity contribution >= 4 is 15.6 Å². The standard InChI is InChI=1S/C18H21NO4S/c1-12-10-17(13(2)19(12)14-4-5-14)18(20)11-23-15-6-8-16(9-7-15)24(3,21)22/h6-10,14H,4-5,11H2,1-3H3. The van der Waals surface area contributed by atoms with E-state index in [1.807, 2.05) is 19.9 Å². The van der Waals surface area contributed by atoms with Crippen molar-refractivity contribution in [1.82, 2.24) is 4.57 Å². The monoisotopic (exact) mass is 347 g/mol. The van der Waals surface area contributed by atoms with Gasteiger partial charge in [-0.1, -0.05) is 0 Å². The number of ether oxygens (including phenoxy) is 1. The first-order valence-corrected chi connectivity index (χ1v) is 9.81. The van der Waals surface area contributed by atoms with Crippen molar-refractivity contribution in [3.05, 3.63) is 47.3 Å². The number of aromatic nitrogens is 1. The van der Waals surface area contributed by atoms with E-state index in [4.69, 9.17) is 4.74 Å². The van der Waals surface area contributed by atoms with E-state index in [1.165, 1.54) is 25.0 Å². The van der Waals surface area contributed by atoms with Gasteiger partial charge in [-0.2, -0.15) is 0 Å². The van der Waals surface area contributed by atoms with E-state index in [0.29, 0.717) is 17.4 Å². The average Bonchev–Trinajstić information content (AvgIpc) is 3.30. The summed E-state index contributed by atoms with van der Waals surface area (Å²) in [5, 5.41) is 0. The molecule has 1 fully saturated rings. The number of hydrogen-bond acceptors (Lipinski definition) is 4. The van der Waals surface area contributed by atoms with Crippen LogP contribution in [-0.2, 0) is 9.84 Å². The van der Waals surface area contributed by atoms with Crippen LogP contribution in [0.4, 0.5) is 0 Å². The number of aryl methyl sites for hydroxylation is 1. The highest BCUT2D eigenvalue weighted by Crippen LogP contribution is 2.38. The van der Waals surface area contributed by atoms with Gasteiger partial charge in [-0.05, 0) is 57.0 Å². The first-order valence-electron chi connectivity index (χ1n) is 7.92. The maximum Gasteiger partial charge on any atom is 0.202 e. The molecule has 1 heterocycles. The average molecular weight is 347 g/mol. The fraction of sp³-hybridized carbons (Fsp3) is 0.389. The minimum atomic E-state index is -3.23. The molecule has 0 aliphatic heterocycles. The van der Waals surface area contributed by atoms with Crippen LogP contribution >= 0.6 is 0 Å². The van der Waals surface area contributed by atoms with Gasteiger partial charge in [0.2, 0.25) is 5.78 Å². The lowest BCUT2D eigenvalue weighted by molar-refractivity contribution is 0.0920. The van der Waals surface area contributed by atoms with Crippen LogP contribution in [0, 0.1) is 13.8 Å². The topological polar surface area (TPSA) is 65.4 Å². The van der Waals surface area contributed by atoms with E-state index in [9.17, 15) is 13.2 Å². The second kappa shape index (κ2) is 6.09. The highest BCUT2D eigenvalue weighted by atomic mass is 32.2. The van der Waals surface area contributed by atoms with Crippen LogP contribution in [0.5, 0.6) is 5.75 Å². The number of nitrogens with zero attached hydrogens (tertiary/aromatic N) is 1. The predicted octanol–water partition coefficient (Wildman–Crippen LogP) is 3.11. The van der Waals surface area contributed by atoms with Crippen LogP contribution in [0.3, 0.4) is 0 Å². The molecule has 1 aliphatic rings. The third-order valence-corrected chi connectivity index (χ3v) is 5.45. The molecule has 1 aromatic carbocycles. The Kier molecular flexibility index (Phi) is 4.25. The molecule has 128 valence electrons. The van der Waals surface area contributed by atoms with Crippen LogP contribution in [0.25, 0.3) is 0 Å². The van der Waals surface area contributed by atoms with Gasteiger partial charge in [-0.3, -0.25) is 4.79 Å². The van der Waals surface area contributed by atoms with Crippen LogP contribution < -0.4 is 4.74 Å². The molecular formula is C18H21NO4S. The second-order valence-electron chi connectivity index (χ2n) is 6.34. The minimum Gasteiger partial charge on any atom is -0.485 e. The number of hydrogen-bond donors (Lipinski definition) is 0. The van der Waals surface area contributed by atoms with Crippen LogP contribution in [-0.4, -0.2) is 31.6 Å². The normalized spacial score (nSPS) is 14.6. The summed E-state index contributed by atoms with van der Waals surface area (Å²) in [6, 6.07) is 8.55. The van der Waals surface area contributed by atoms with Crippen molar-refractivity contribution in [2.24, 2.45) is 0 Å². The fourth-order valence-electron chi connectivity index (χ4n) is 2.96. The van der Waals surface area contributed by atoms with Crippen molar-refractivity contribution in [2.75, 3.05) is 12.9 Å². The van der Waals surface area contributed by atoms with Crippen molar-refractivity contribution in [2.45, 2.75) is 37.6 Å². The molecule has 0 N–H and O–H groups in total. The molecule has 0 bridgehead atoms. The Morgan fingerprint density at radius 1 is 1.21 bits per heavy atom. The number of carbonyl (C=O) groups excluding carboxylic acids is 1. The first kappa shape index (κ1) is 16.8. The smallest absolute Gasteiger partial charge is 0.202 e. The number of sulfone groups is 1. The zero-order valence-corrected chi connectivity index (χ0v) is 14.9. The summed E-state index contributed by atoms with van der Waals surface area (Å²) in [7, 11) is -3.23. The highest BCUT2D eigenvalue weighted by Gasteiger charge is 2.28. The number of Topliss-reactive ketones (excluding diaryl/α,β-unsaturated/α-hetero) is 1. The lowest BCUT2D eigenvalue weighted by Crippen LogP contribution is -2.13. The summed E-state index contributed by atoms with van der Waals surface area (Å²) < 4.78 is 30.6. The van der Waals surface area contributed by atoms with E-state index in [0.717, 1.165) is 17.6 Å². The maximum absolute atomic E-state index is 12.4. The highest BCUT2D eigenvalue weighted by molar-refractivity contribution is 7.90. The molecule has 5 nitrogen and oxygen atoms in total. The Balaban J connectivity index is 1.69. The molecule has 0 amide bonds. The molecule has 0 radical (unpaired) electrons. The zero-order valence-electron chi connectivity index (χ0n) is 14.1. The first-order chi connectivity index (χ1) is 11.3. The lowest BCUT2D eigenvalue weighted by Gasteiger charge is -2.08. The van der Waals surface area contributed by atoms with E-state index in [2.05, 4.69) is 4.57 Å². The van der Waals surface area contributed by atoms with Crippen molar-refractivity contribution < 1.29 is 17.9 Å². The zero-order chi connectivity index (χ0) is 17.5. The summed E-state index contributed by atoms with van der Waals surface area (Å²) in [5.74, 6) is 0.411. The van der Waals surface area contributed by atoms with Gasteiger partial charge in [-0.25, -0.2) is 8.42 Å². The van der Waals surface area contributed by atoms with E-state index < -0.39 is 9.84 Å². The van der Waals surface area contributed by atoms with Gasteiger partial charge in [0.05, 0.1) is 4.90 Å². The number of rotatable bonds is 6. The Hall–Kier alpha value is -2.08. The van der Waals surface area contributed by atoms with E-state index in [-0.39, 0.29) is 17.3 Å². The molecule has 1 aromatic heterocycles. The molecule has 0 atom stereocenters. The summed E-state index contributed by atoms with van der Waals surface area (Å²) in [6.45, 7) is 3.93. The van der Waals surface area contributed by atoms with E-state index in [1.54, 1.807) is 12.1 Å². The summed E-state index contributed by atoms with van der Waals surface area (Å²) in [4.78, 5) is 12.7. The van der Waals surface area contributed by atoms with Gasteiger partial charge in [0.15, 0.2) is 16.4 Å². The summed E-state index contributed by atoms with van der Waals surface area (Å²) >= 11 is 0. The number of benzene rings is 1. The van der Waals surface area contributed by atoms with Gasteiger partial charge >= 0.3 is 0 Å². The molecule has 6 heteroatoms. The number of ketones is 1. The van der Waals surface area contributed by atoms with Crippen molar-refractivity contribution in [3.8, 4) is 5.75 Å². The molecule has 0 unspecified atom stereocenters. The molecule has 24 heavy (non-hydrogen) atoms. The van der Waals surface area contributed by atoms with Gasteiger partial charge in [0, 0.05) is 29.2 Å². The number of carbonyl (C=O) groups is 1. The second-order valence-corrected chi connectivity index (χ2v) is 8.36. The van der Waals surface area contributed by atoms with Gasteiger partial charge in [0.1, 0.15) is 5.75 Å².